The van der Waals surface area contributed by atoms with Crippen LogP contribution in [0.3, 0.4) is 0 Å². The highest BCUT2D eigenvalue weighted by atomic mass is 16.6. The second-order valence-electron chi connectivity index (χ2n) is 3.34. The van der Waals surface area contributed by atoms with E-state index in [4.69, 9.17) is 5.11 Å². The monoisotopic (exact) mass is 214 g/mol. The minimum Gasteiger partial charge on any atom is -0.539 e. The Balaban J connectivity index is 2.00. The molecule has 15 heavy (non-hydrogen) atoms. The number of aliphatic carboxylic acids is 1. The normalized spacial score (nSPS) is 10.4. The van der Waals surface area contributed by atoms with Gasteiger partial charge >= 0.3 is 5.97 Å². The molecule has 0 aliphatic heterocycles. The Morgan fingerprint density at radius 1 is 1.47 bits per heavy atom. The van der Waals surface area contributed by atoms with Crippen LogP contribution in [0.2, 0.25) is 0 Å². The number of carboxylic acids is 1. The van der Waals surface area contributed by atoms with Crippen LogP contribution in [0.5, 0.6) is 5.95 Å². The molecule has 1 heterocycles. The van der Waals surface area contributed by atoms with Gasteiger partial charge in [0.25, 0.3) is 0 Å². The van der Waals surface area contributed by atoms with Gasteiger partial charge in [-0.15, -0.1) is 0 Å². The third kappa shape index (κ3) is 4.99. The molecule has 0 bridgehead atoms. The van der Waals surface area contributed by atoms with Gasteiger partial charge in [0.05, 0.1) is 5.27 Å². The van der Waals surface area contributed by atoms with Gasteiger partial charge in [-0.05, 0) is 12.8 Å². The molecule has 0 amide bonds. The van der Waals surface area contributed by atoms with Gasteiger partial charge in [-0.25, -0.2) is 0 Å². The van der Waals surface area contributed by atoms with Crippen molar-refractivity contribution in [2.24, 2.45) is 0 Å². The standard InChI is InChI=1S/C9H14N2O4/c12-8(13)5-3-1-2-4-6-11-7-9(14)15-10-11/h7H,1-6H2,(H-,10,12,13,14). The maximum Gasteiger partial charge on any atom is 0.303 e. The highest BCUT2D eigenvalue weighted by molar-refractivity contribution is 5.66. The van der Waals surface area contributed by atoms with Crippen molar-refractivity contribution in [3.05, 3.63) is 6.20 Å². The summed E-state index contributed by atoms with van der Waals surface area (Å²) in [6.45, 7) is 0.638. The molecular formula is C9H14N2O4. The lowest BCUT2D eigenvalue weighted by Gasteiger charge is -1.95. The Hall–Kier alpha value is -1.59. The molecule has 0 fully saturated rings. The summed E-state index contributed by atoms with van der Waals surface area (Å²) >= 11 is 0. The molecule has 1 N–H and O–H groups in total. The van der Waals surface area contributed by atoms with Crippen LogP contribution in [0.25, 0.3) is 0 Å². The van der Waals surface area contributed by atoms with Crippen LogP contribution in [0.4, 0.5) is 0 Å². The van der Waals surface area contributed by atoms with E-state index in [0.717, 1.165) is 19.3 Å². The summed E-state index contributed by atoms with van der Waals surface area (Å²) in [5.41, 5.74) is 0. The summed E-state index contributed by atoms with van der Waals surface area (Å²) in [5, 5.41) is 22.5. The molecule has 0 unspecified atom stereocenters. The lowest BCUT2D eigenvalue weighted by molar-refractivity contribution is -0.762. The predicted molar refractivity (Wildman–Crippen MR) is 46.9 cm³/mol. The Morgan fingerprint density at radius 3 is 2.80 bits per heavy atom. The van der Waals surface area contributed by atoms with Crippen molar-refractivity contribution >= 4 is 5.97 Å². The van der Waals surface area contributed by atoms with Crippen LogP contribution in [-0.2, 0) is 11.3 Å². The van der Waals surface area contributed by atoms with Gasteiger partial charge in [-0.1, -0.05) is 11.1 Å². The SMILES string of the molecule is O=C(O)CCCCCC[n+]1cc([O-])on1. The average Bonchev–Trinajstić information content (AvgIpc) is 2.57. The molecule has 6 nitrogen and oxygen atoms in total. The van der Waals surface area contributed by atoms with Crippen LogP contribution in [0.1, 0.15) is 32.1 Å². The van der Waals surface area contributed by atoms with Crippen molar-refractivity contribution < 1.29 is 24.2 Å². The first-order valence-corrected chi connectivity index (χ1v) is 4.94. The Labute approximate surface area is 87.1 Å². The molecule has 0 radical (unpaired) electrons. The zero-order valence-electron chi connectivity index (χ0n) is 8.39. The number of aryl methyl sites for hydroxylation is 1. The highest BCUT2D eigenvalue weighted by Gasteiger charge is 2.03. The summed E-state index contributed by atoms with van der Waals surface area (Å²) in [4.78, 5) is 10.2. The summed E-state index contributed by atoms with van der Waals surface area (Å²) in [5.74, 6) is -1.20. The topological polar surface area (TPSA) is 90.3 Å². The number of unbranched alkanes of at least 4 members (excludes halogenated alkanes) is 3. The zero-order chi connectivity index (χ0) is 11.1. The first-order chi connectivity index (χ1) is 7.18. The third-order valence-corrected chi connectivity index (χ3v) is 2.02. The fourth-order valence-corrected chi connectivity index (χ4v) is 1.27. The first-order valence-electron chi connectivity index (χ1n) is 4.94. The molecule has 0 atom stereocenters. The van der Waals surface area contributed by atoms with Gasteiger partial charge in [0.2, 0.25) is 6.20 Å². The van der Waals surface area contributed by atoms with Crippen molar-refractivity contribution in [3.63, 3.8) is 0 Å². The predicted octanol–water partition coefficient (Wildman–Crippen LogP) is 0.0708. The number of hydrogen-bond acceptors (Lipinski definition) is 4. The molecule has 0 aliphatic carbocycles. The number of hydrogen-bond donors (Lipinski definition) is 1. The fraction of sp³-hybridized carbons (Fsp3) is 0.667. The summed E-state index contributed by atoms with van der Waals surface area (Å²) < 4.78 is 5.81. The van der Waals surface area contributed by atoms with Crippen molar-refractivity contribution in [2.45, 2.75) is 38.6 Å². The quantitative estimate of drug-likeness (QED) is 0.512. The molecule has 0 aromatic carbocycles. The van der Waals surface area contributed by atoms with Crippen LogP contribution in [0.15, 0.2) is 10.7 Å². The Bertz CT molecular complexity index is 311. The van der Waals surface area contributed by atoms with Gasteiger partial charge in [0.1, 0.15) is 5.95 Å². The fourth-order valence-electron chi connectivity index (χ4n) is 1.27. The maximum absolute atomic E-state index is 10.6. The van der Waals surface area contributed by atoms with E-state index >= 15 is 0 Å². The van der Waals surface area contributed by atoms with E-state index < -0.39 is 11.9 Å². The van der Waals surface area contributed by atoms with E-state index in [1.807, 2.05) is 0 Å². The molecule has 0 saturated heterocycles. The molecule has 1 rings (SSSR count). The van der Waals surface area contributed by atoms with Crippen molar-refractivity contribution in [1.82, 2.24) is 5.27 Å². The van der Waals surface area contributed by atoms with Crippen LogP contribution >= 0.6 is 0 Å². The largest absolute Gasteiger partial charge is 0.539 e. The van der Waals surface area contributed by atoms with Crippen LogP contribution in [-0.4, -0.2) is 16.3 Å². The molecule has 6 heteroatoms. The van der Waals surface area contributed by atoms with E-state index in [1.54, 1.807) is 0 Å². The van der Waals surface area contributed by atoms with Gasteiger partial charge in [-0.3, -0.25) is 4.79 Å². The average molecular weight is 214 g/mol. The van der Waals surface area contributed by atoms with E-state index in [0.29, 0.717) is 13.0 Å². The van der Waals surface area contributed by atoms with E-state index in [9.17, 15) is 9.90 Å². The molecule has 0 spiro atoms. The number of nitrogens with zero attached hydrogens (tertiary/aromatic N) is 2. The van der Waals surface area contributed by atoms with Crippen LogP contribution < -0.4 is 9.79 Å². The number of carboxylic acid groups (broad SMARTS) is 1. The molecule has 0 aliphatic rings. The summed E-state index contributed by atoms with van der Waals surface area (Å²) in [6.07, 6.45) is 4.91. The van der Waals surface area contributed by atoms with Gasteiger partial charge in [-0.2, -0.15) is 0 Å². The second-order valence-corrected chi connectivity index (χ2v) is 3.34. The smallest absolute Gasteiger partial charge is 0.303 e. The van der Waals surface area contributed by atoms with E-state index in [1.165, 1.54) is 10.9 Å². The summed E-state index contributed by atoms with van der Waals surface area (Å²) in [6, 6.07) is 0. The molecule has 1 aromatic heterocycles. The number of rotatable bonds is 7. The maximum atomic E-state index is 10.6. The zero-order valence-corrected chi connectivity index (χ0v) is 8.39. The highest BCUT2D eigenvalue weighted by Crippen LogP contribution is 2.03. The first kappa shape index (κ1) is 11.5. The Morgan fingerprint density at radius 2 is 2.20 bits per heavy atom. The Kier molecular flexibility index (Phi) is 4.59. The second kappa shape index (κ2) is 6.00. The summed E-state index contributed by atoms with van der Waals surface area (Å²) in [7, 11) is 0. The van der Waals surface area contributed by atoms with E-state index in [-0.39, 0.29) is 6.42 Å². The minimum atomic E-state index is -0.753. The van der Waals surface area contributed by atoms with Crippen molar-refractivity contribution in [1.29, 1.82) is 0 Å². The van der Waals surface area contributed by atoms with Crippen LogP contribution in [0, 0.1) is 0 Å². The minimum absolute atomic E-state index is 0.224. The van der Waals surface area contributed by atoms with E-state index in [2.05, 4.69) is 9.79 Å². The van der Waals surface area contributed by atoms with Gasteiger partial charge in [0.15, 0.2) is 6.54 Å². The van der Waals surface area contributed by atoms with Gasteiger partial charge in [0, 0.05) is 12.8 Å². The number of aromatic nitrogens is 2. The lowest BCUT2D eigenvalue weighted by atomic mass is 10.1. The van der Waals surface area contributed by atoms with Crippen molar-refractivity contribution in [2.75, 3.05) is 0 Å². The molecule has 1 aromatic rings. The molecule has 0 saturated carbocycles. The lowest BCUT2D eigenvalue weighted by Crippen LogP contribution is -2.34. The molecule has 84 valence electrons. The molecular weight excluding hydrogens is 200 g/mol. The third-order valence-electron chi connectivity index (χ3n) is 2.02. The number of carbonyl (C=O) groups is 1. The van der Waals surface area contributed by atoms with Crippen molar-refractivity contribution in [3.8, 4) is 5.95 Å². The van der Waals surface area contributed by atoms with Gasteiger partial charge < -0.3 is 14.7 Å².